The van der Waals surface area contributed by atoms with Crippen LogP contribution in [0.3, 0.4) is 0 Å². The van der Waals surface area contributed by atoms with Crippen LogP contribution in [0.4, 0.5) is 10.1 Å². The number of hydrogen-bond acceptors (Lipinski definition) is 4. The number of halogens is 1. The number of benzene rings is 3. The number of para-hydroxylation sites is 2. The number of ether oxygens (including phenoxy) is 1. The number of nitrogens with zero attached hydrogens (tertiary/aromatic N) is 1. The van der Waals surface area contributed by atoms with Gasteiger partial charge in [0.2, 0.25) is 0 Å². The molecule has 3 aromatic rings. The maximum Gasteiger partial charge on any atom is 0.294 e. The van der Waals surface area contributed by atoms with E-state index in [1.165, 1.54) is 43.1 Å². The fraction of sp³-hybridized carbons (Fsp3) is 0.312. The molecule has 1 saturated carbocycles. The SMILES string of the molecule is O=C(NCCCSC1CCCCC1)c1ccc(C=C2Oc3ccccc3N(Cc3ccccc3F)C2=O)cc1. The molecule has 0 aromatic heterocycles. The molecule has 2 amide bonds. The third kappa shape index (κ3) is 6.90. The largest absolute Gasteiger partial charge is 0.449 e. The van der Waals surface area contributed by atoms with Crippen molar-refractivity contribution in [1.29, 1.82) is 0 Å². The van der Waals surface area contributed by atoms with Crippen LogP contribution in [-0.2, 0) is 11.3 Å². The lowest BCUT2D eigenvalue weighted by Crippen LogP contribution is -2.37. The number of thioether (sulfide) groups is 1. The minimum absolute atomic E-state index is 0.0848. The van der Waals surface area contributed by atoms with Gasteiger partial charge < -0.3 is 10.1 Å². The normalized spacial score (nSPS) is 16.6. The van der Waals surface area contributed by atoms with E-state index in [4.69, 9.17) is 4.74 Å². The molecule has 1 fully saturated rings. The van der Waals surface area contributed by atoms with E-state index in [9.17, 15) is 14.0 Å². The van der Waals surface area contributed by atoms with Gasteiger partial charge in [-0.3, -0.25) is 14.5 Å². The molecule has 0 spiro atoms. The van der Waals surface area contributed by atoms with Gasteiger partial charge in [0.15, 0.2) is 11.5 Å². The lowest BCUT2D eigenvalue weighted by atomic mass is 10.0. The molecule has 0 atom stereocenters. The highest BCUT2D eigenvalue weighted by atomic mass is 32.2. The number of nitrogens with one attached hydrogen (secondary N) is 1. The average molecular weight is 545 g/mol. The Balaban J connectivity index is 1.21. The first-order valence-electron chi connectivity index (χ1n) is 13.6. The van der Waals surface area contributed by atoms with Crippen molar-refractivity contribution in [2.45, 2.75) is 50.3 Å². The van der Waals surface area contributed by atoms with Crippen LogP contribution < -0.4 is 15.0 Å². The van der Waals surface area contributed by atoms with Crippen molar-refractivity contribution in [2.24, 2.45) is 0 Å². The highest BCUT2D eigenvalue weighted by Gasteiger charge is 2.30. The third-order valence-electron chi connectivity index (χ3n) is 7.10. The summed E-state index contributed by atoms with van der Waals surface area (Å²) in [5.74, 6) is 0.908. The van der Waals surface area contributed by atoms with E-state index >= 15 is 0 Å². The van der Waals surface area contributed by atoms with Gasteiger partial charge >= 0.3 is 0 Å². The Morgan fingerprint density at radius 2 is 1.74 bits per heavy atom. The zero-order valence-electron chi connectivity index (χ0n) is 21.9. The Bertz CT molecular complexity index is 1340. The first kappa shape index (κ1) is 27.0. The molecule has 0 saturated heterocycles. The zero-order chi connectivity index (χ0) is 27.0. The lowest BCUT2D eigenvalue weighted by molar-refractivity contribution is -0.117. The van der Waals surface area contributed by atoms with Crippen molar-refractivity contribution < 1.29 is 18.7 Å². The number of fused-ring (bicyclic) bond motifs is 1. The van der Waals surface area contributed by atoms with E-state index in [2.05, 4.69) is 5.32 Å². The molecule has 39 heavy (non-hydrogen) atoms. The number of hydrogen-bond donors (Lipinski definition) is 1. The quantitative estimate of drug-likeness (QED) is 0.233. The van der Waals surface area contributed by atoms with Crippen LogP contribution in [0.2, 0.25) is 0 Å². The maximum absolute atomic E-state index is 14.4. The predicted molar refractivity (Wildman–Crippen MR) is 155 cm³/mol. The number of carbonyl (C=O) groups is 2. The Morgan fingerprint density at radius 1 is 1.00 bits per heavy atom. The molecule has 5 nitrogen and oxygen atoms in total. The molecule has 1 aliphatic carbocycles. The molecule has 202 valence electrons. The number of rotatable bonds is 9. The second-order valence-corrected chi connectivity index (χ2v) is 11.3. The van der Waals surface area contributed by atoms with E-state index in [1.807, 2.05) is 23.9 Å². The molecule has 2 aliphatic rings. The molecule has 0 unspecified atom stereocenters. The first-order chi connectivity index (χ1) is 19.1. The Kier molecular flexibility index (Phi) is 8.99. The maximum atomic E-state index is 14.4. The first-order valence-corrected chi connectivity index (χ1v) is 14.7. The van der Waals surface area contributed by atoms with Crippen molar-refractivity contribution in [1.82, 2.24) is 5.32 Å². The van der Waals surface area contributed by atoms with Crippen LogP contribution in [0, 0.1) is 5.82 Å². The van der Waals surface area contributed by atoms with Gasteiger partial charge in [0.1, 0.15) is 5.82 Å². The summed E-state index contributed by atoms with van der Waals surface area (Å²) < 4.78 is 20.3. The van der Waals surface area contributed by atoms with Gasteiger partial charge in [-0.15, -0.1) is 0 Å². The van der Waals surface area contributed by atoms with Gasteiger partial charge in [0.25, 0.3) is 11.8 Å². The van der Waals surface area contributed by atoms with Gasteiger partial charge in [-0.1, -0.05) is 61.7 Å². The Hall–Kier alpha value is -3.58. The summed E-state index contributed by atoms with van der Waals surface area (Å²) in [4.78, 5) is 27.5. The summed E-state index contributed by atoms with van der Waals surface area (Å²) in [5.41, 5.74) is 2.31. The second-order valence-electron chi connectivity index (χ2n) is 9.92. The van der Waals surface area contributed by atoms with Crippen LogP contribution in [0.1, 0.15) is 60.0 Å². The summed E-state index contributed by atoms with van der Waals surface area (Å²) in [6, 6.07) is 20.7. The van der Waals surface area contributed by atoms with Crippen LogP contribution in [0.5, 0.6) is 5.75 Å². The number of carbonyl (C=O) groups excluding carboxylic acids is 2. The van der Waals surface area contributed by atoms with Gasteiger partial charge in [0, 0.05) is 22.9 Å². The summed E-state index contributed by atoms with van der Waals surface area (Å²) >= 11 is 2.04. The summed E-state index contributed by atoms with van der Waals surface area (Å²) in [7, 11) is 0. The lowest BCUT2D eigenvalue weighted by Gasteiger charge is -2.30. The number of anilines is 1. The van der Waals surface area contributed by atoms with Crippen LogP contribution >= 0.6 is 11.8 Å². The Labute approximate surface area is 233 Å². The summed E-state index contributed by atoms with van der Waals surface area (Å²) in [6.45, 7) is 0.742. The highest BCUT2D eigenvalue weighted by Crippen LogP contribution is 2.36. The highest BCUT2D eigenvalue weighted by molar-refractivity contribution is 7.99. The van der Waals surface area contributed by atoms with Gasteiger partial charge in [-0.05, 0) is 67.0 Å². The molecule has 1 aliphatic heterocycles. The Morgan fingerprint density at radius 3 is 2.54 bits per heavy atom. The average Bonchev–Trinajstić information content (AvgIpc) is 2.97. The second kappa shape index (κ2) is 13.0. The minimum Gasteiger partial charge on any atom is -0.449 e. The fourth-order valence-corrected chi connectivity index (χ4v) is 6.27. The number of amides is 2. The van der Waals surface area contributed by atoms with Crippen molar-refractivity contribution >= 4 is 35.3 Å². The zero-order valence-corrected chi connectivity index (χ0v) is 22.7. The van der Waals surface area contributed by atoms with Crippen LogP contribution in [-0.4, -0.2) is 29.4 Å². The van der Waals surface area contributed by atoms with Gasteiger partial charge in [-0.2, -0.15) is 11.8 Å². The molecule has 3 aromatic carbocycles. The van der Waals surface area contributed by atoms with E-state index in [0.29, 0.717) is 29.1 Å². The fourth-order valence-electron chi connectivity index (χ4n) is 4.96. The van der Waals surface area contributed by atoms with Crippen molar-refractivity contribution in [3.05, 3.63) is 101 Å². The molecule has 1 N–H and O–H groups in total. The minimum atomic E-state index is -0.364. The molecule has 7 heteroatoms. The summed E-state index contributed by atoms with van der Waals surface area (Å²) in [6.07, 6.45) is 9.33. The monoisotopic (exact) mass is 544 g/mol. The molecule has 1 heterocycles. The standard InChI is InChI=1S/C32H33FN2O3S/c33-27-12-5-4-9-25(27)22-35-28-13-6-7-14-29(28)38-30(32(35)37)21-23-15-17-24(18-16-23)31(36)34-19-8-20-39-26-10-2-1-3-11-26/h4-7,9,12-18,21,26H,1-3,8,10-11,19-20,22H2,(H,34,36). The van der Waals surface area contributed by atoms with E-state index in [-0.39, 0.29) is 29.9 Å². The van der Waals surface area contributed by atoms with E-state index in [1.54, 1.807) is 60.7 Å². The van der Waals surface area contributed by atoms with Crippen molar-refractivity contribution in [2.75, 3.05) is 17.2 Å². The van der Waals surface area contributed by atoms with E-state index in [0.717, 1.165) is 23.0 Å². The molecular weight excluding hydrogens is 511 g/mol. The van der Waals surface area contributed by atoms with Gasteiger partial charge in [0.05, 0.1) is 12.2 Å². The smallest absolute Gasteiger partial charge is 0.294 e. The molecular formula is C32H33FN2O3S. The topological polar surface area (TPSA) is 58.6 Å². The van der Waals surface area contributed by atoms with Crippen LogP contribution in [0.15, 0.2) is 78.6 Å². The van der Waals surface area contributed by atoms with E-state index < -0.39 is 0 Å². The van der Waals surface area contributed by atoms with Crippen molar-refractivity contribution in [3.8, 4) is 5.75 Å². The van der Waals surface area contributed by atoms with Crippen LogP contribution in [0.25, 0.3) is 6.08 Å². The van der Waals surface area contributed by atoms with Gasteiger partial charge in [-0.25, -0.2) is 4.39 Å². The third-order valence-corrected chi connectivity index (χ3v) is 8.57. The molecule has 5 rings (SSSR count). The predicted octanol–water partition coefficient (Wildman–Crippen LogP) is 6.98. The summed E-state index contributed by atoms with van der Waals surface area (Å²) in [5, 5.41) is 3.79. The molecule has 0 radical (unpaired) electrons. The molecule has 0 bridgehead atoms. The van der Waals surface area contributed by atoms with Crippen molar-refractivity contribution in [3.63, 3.8) is 0 Å².